The summed E-state index contributed by atoms with van der Waals surface area (Å²) in [5, 5.41) is -0.966. The van der Waals surface area contributed by atoms with Crippen LogP contribution in [0.4, 0.5) is 9.57 Å². The van der Waals surface area contributed by atoms with Crippen LogP contribution in [-0.2, 0) is 15.0 Å². The normalized spacial score (nSPS) is 19.4. The first kappa shape index (κ1) is 15.1. The third kappa shape index (κ3) is 3.04. The first-order valence-electron chi connectivity index (χ1n) is 5.99. The summed E-state index contributed by atoms with van der Waals surface area (Å²) < 4.78 is 40.3. The fourth-order valence-electron chi connectivity index (χ4n) is 2.08. The zero-order valence-corrected chi connectivity index (χ0v) is 12.2. The molecule has 1 atom stereocenters. The van der Waals surface area contributed by atoms with E-state index in [0.717, 1.165) is 0 Å². The van der Waals surface area contributed by atoms with Crippen molar-refractivity contribution < 1.29 is 21.8 Å². The molecule has 8 heteroatoms. The zero-order chi connectivity index (χ0) is 14.9. The summed E-state index contributed by atoms with van der Waals surface area (Å²) in [6, 6.07) is 4.68. The Hall–Kier alpha value is -1.34. The SMILES string of the molecule is CCOc1ccc(Cl)cc1N1CC(S(=O)(=O)F)CC1=O. The predicted molar refractivity (Wildman–Crippen MR) is 73.4 cm³/mol. The van der Waals surface area contributed by atoms with Crippen LogP contribution in [-0.4, -0.2) is 32.7 Å². The quantitative estimate of drug-likeness (QED) is 0.797. The highest BCUT2D eigenvalue weighted by molar-refractivity contribution is 7.87. The van der Waals surface area contributed by atoms with Gasteiger partial charge >= 0.3 is 10.2 Å². The molecule has 0 saturated carbocycles. The van der Waals surface area contributed by atoms with Gasteiger partial charge in [-0.05, 0) is 25.1 Å². The molecule has 2 rings (SSSR count). The second-order valence-electron chi connectivity index (χ2n) is 4.35. The van der Waals surface area contributed by atoms with Crippen LogP contribution in [0.2, 0.25) is 5.02 Å². The highest BCUT2D eigenvalue weighted by Crippen LogP contribution is 2.35. The zero-order valence-electron chi connectivity index (χ0n) is 10.7. The smallest absolute Gasteiger partial charge is 0.307 e. The number of rotatable bonds is 4. The Morgan fingerprint density at radius 3 is 2.75 bits per heavy atom. The number of anilines is 1. The summed E-state index contributed by atoms with van der Waals surface area (Å²) in [4.78, 5) is 13.1. The lowest BCUT2D eigenvalue weighted by atomic mass is 10.2. The number of carbonyl (C=O) groups is 1. The fourth-order valence-corrected chi connectivity index (χ4v) is 2.91. The van der Waals surface area contributed by atoms with E-state index in [1.165, 1.54) is 11.0 Å². The second kappa shape index (κ2) is 5.57. The van der Waals surface area contributed by atoms with E-state index in [-0.39, 0.29) is 13.0 Å². The van der Waals surface area contributed by atoms with Gasteiger partial charge in [-0.1, -0.05) is 11.6 Å². The third-order valence-corrected chi connectivity index (χ3v) is 4.35. The fraction of sp³-hybridized carbons (Fsp3) is 0.417. The van der Waals surface area contributed by atoms with E-state index in [2.05, 4.69) is 0 Å². The first-order valence-corrected chi connectivity index (χ1v) is 7.81. The Morgan fingerprint density at radius 1 is 1.50 bits per heavy atom. The molecule has 1 saturated heterocycles. The number of hydrogen-bond acceptors (Lipinski definition) is 4. The molecule has 0 spiro atoms. The van der Waals surface area contributed by atoms with Crippen LogP contribution in [0.15, 0.2) is 18.2 Å². The number of halogens is 2. The molecular weight excluding hydrogens is 309 g/mol. The number of hydrogen-bond donors (Lipinski definition) is 0. The van der Waals surface area contributed by atoms with E-state index in [1.807, 2.05) is 0 Å². The van der Waals surface area contributed by atoms with E-state index in [9.17, 15) is 17.1 Å². The van der Waals surface area contributed by atoms with E-state index in [1.54, 1.807) is 19.1 Å². The molecule has 1 aliphatic rings. The topological polar surface area (TPSA) is 63.7 Å². The number of amides is 1. The Balaban J connectivity index is 2.37. The van der Waals surface area contributed by atoms with Crippen LogP contribution in [0.1, 0.15) is 13.3 Å². The van der Waals surface area contributed by atoms with Gasteiger partial charge in [0.05, 0.1) is 12.3 Å². The van der Waals surface area contributed by atoms with Crippen LogP contribution >= 0.6 is 11.6 Å². The molecule has 1 aromatic carbocycles. The lowest BCUT2D eigenvalue weighted by Crippen LogP contribution is -2.27. The Labute approximate surface area is 121 Å². The van der Waals surface area contributed by atoms with Crippen LogP contribution in [0.5, 0.6) is 5.75 Å². The van der Waals surface area contributed by atoms with Gasteiger partial charge in [0, 0.05) is 18.0 Å². The summed E-state index contributed by atoms with van der Waals surface area (Å²) >= 11 is 5.88. The lowest BCUT2D eigenvalue weighted by molar-refractivity contribution is -0.117. The van der Waals surface area contributed by atoms with Crippen molar-refractivity contribution in [2.24, 2.45) is 0 Å². The molecule has 1 heterocycles. The number of benzene rings is 1. The minimum atomic E-state index is -4.75. The molecule has 5 nitrogen and oxygen atoms in total. The van der Waals surface area contributed by atoms with E-state index in [0.29, 0.717) is 23.1 Å². The monoisotopic (exact) mass is 321 g/mol. The van der Waals surface area contributed by atoms with Gasteiger partial charge in [0.1, 0.15) is 11.0 Å². The average Bonchev–Trinajstić information content (AvgIpc) is 2.74. The van der Waals surface area contributed by atoms with Crippen molar-refractivity contribution in [1.29, 1.82) is 0 Å². The maximum atomic E-state index is 13.0. The molecule has 1 aromatic rings. The maximum Gasteiger partial charge on any atom is 0.307 e. The van der Waals surface area contributed by atoms with E-state index < -0.39 is 21.4 Å². The molecule has 0 aliphatic carbocycles. The van der Waals surface area contributed by atoms with Crippen molar-refractivity contribution in [3.05, 3.63) is 23.2 Å². The van der Waals surface area contributed by atoms with Gasteiger partial charge in [0.15, 0.2) is 0 Å². The maximum absolute atomic E-state index is 13.0. The summed E-state index contributed by atoms with van der Waals surface area (Å²) in [5.41, 5.74) is 0.357. The molecule has 0 radical (unpaired) electrons. The Morgan fingerprint density at radius 2 is 2.20 bits per heavy atom. The van der Waals surface area contributed by atoms with Gasteiger partial charge in [-0.25, -0.2) is 0 Å². The highest BCUT2D eigenvalue weighted by Gasteiger charge is 2.40. The summed E-state index contributed by atoms with van der Waals surface area (Å²) in [7, 11) is -4.75. The highest BCUT2D eigenvalue weighted by atomic mass is 35.5. The second-order valence-corrected chi connectivity index (χ2v) is 6.41. The van der Waals surface area contributed by atoms with Gasteiger partial charge in [0.2, 0.25) is 5.91 Å². The number of carbonyl (C=O) groups excluding carboxylic acids is 1. The average molecular weight is 322 g/mol. The molecule has 0 N–H and O–H groups in total. The minimum Gasteiger partial charge on any atom is -0.492 e. The van der Waals surface area contributed by atoms with Gasteiger partial charge in [-0.2, -0.15) is 8.42 Å². The largest absolute Gasteiger partial charge is 0.492 e. The van der Waals surface area contributed by atoms with Gasteiger partial charge in [0.25, 0.3) is 0 Å². The van der Waals surface area contributed by atoms with E-state index >= 15 is 0 Å². The molecule has 1 amide bonds. The molecule has 110 valence electrons. The molecule has 1 unspecified atom stereocenters. The van der Waals surface area contributed by atoms with Crippen LogP contribution in [0.25, 0.3) is 0 Å². The van der Waals surface area contributed by atoms with Gasteiger partial charge in [-0.15, -0.1) is 3.89 Å². The Kier molecular flexibility index (Phi) is 4.19. The molecular formula is C12H13ClFNO4S. The van der Waals surface area contributed by atoms with Crippen molar-refractivity contribution in [3.8, 4) is 5.75 Å². The van der Waals surface area contributed by atoms with Gasteiger partial charge in [-0.3, -0.25) is 4.79 Å². The van der Waals surface area contributed by atoms with Crippen molar-refractivity contribution in [2.75, 3.05) is 18.1 Å². The first-order chi connectivity index (χ1) is 9.32. The Bertz CT molecular complexity index is 634. The predicted octanol–water partition coefficient (Wildman–Crippen LogP) is 2.14. The van der Waals surface area contributed by atoms with Crippen molar-refractivity contribution in [1.82, 2.24) is 0 Å². The molecule has 1 aliphatic heterocycles. The molecule has 1 fully saturated rings. The van der Waals surface area contributed by atoms with Crippen molar-refractivity contribution in [2.45, 2.75) is 18.6 Å². The van der Waals surface area contributed by atoms with Crippen LogP contribution < -0.4 is 9.64 Å². The van der Waals surface area contributed by atoms with Crippen molar-refractivity contribution >= 4 is 33.4 Å². The van der Waals surface area contributed by atoms with Gasteiger partial charge < -0.3 is 9.64 Å². The van der Waals surface area contributed by atoms with Crippen LogP contribution in [0.3, 0.4) is 0 Å². The molecule has 20 heavy (non-hydrogen) atoms. The summed E-state index contributed by atoms with van der Waals surface area (Å²) in [6.07, 6.45) is -0.378. The summed E-state index contributed by atoms with van der Waals surface area (Å²) in [5.74, 6) is -0.0680. The third-order valence-electron chi connectivity index (χ3n) is 3.00. The van der Waals surface area contributed by atoms with Crippen molar-refractivity contribution in [3.63, 3.8) is 0 Å². The van der Waals surface area contributed by atoms with Crippen LogP contribution in [0, 0.1) is 0 Å². The molecule has 0 aromatic heterocycles. The van der Waals surface area contributed by atoms with E-state index in [4.69, 9.17) is 16.3 Å². The lowest BCUT2D eigenvalue weighted by Gasteiger charge is -2.20. The number of nitrogens with zero attached hydrogens (tertiary/aromatic N) is 1. The summed E-state index contributed by atoms with van der Waals surface area (Å²) in [6.45, 7) is 1.92. The minimum absolute atomic E-state index is 0.238. The standard InChI is InChI=1S/C12H13ClFNO4S/c1-2-19-11-4-3-8(13)5-10(11)15-7-9(6-12(15)16)20(14,17)18/h3-5,9H,2,6-7H2,1H3. The molecule has 0 bridgehead atoms. The number of ether oxygens (including phenoxy) is 1.